The highest BCUT2D eigenvalue weighted by molar-refractivity contribution is 6.10. The van der Waals surface area contributed by atoms with Crippen LogP contribution in [0.4, 0.5) is 5.69 Å². The smallest absolute Gasteiger partial charge is 0.254 e. The molecule has 4 nitrogen and oxygen atoms in total. The number of benzene rings is 2. The molecule has 1 heterocycles. The zero-order chi connectivity index (χ0) is 21.5. The van der Waals surface area contributed by atoms with Crippen molar-refractivity contribution in [1.29, 1.82) is 0 Å². The Bertz CT molecular complexity index is 1080. The molecule has 0 fully saturated rings. The number of hydrogen-bond acceptors (Lipinski definition) is 3. The van der Waals surface area contributed by atoms with Gasteiger partial charge in [0.05, 0.1) is 0 Å². The van der Waals surface area contributed by atoms with Gasteiger partial charge in [0, 0.05) is 40.6 Å². The Morgan fingerprint density at radius 2 is 1.67 bits per heavy atom. The number of carbonyl (C=O) groups excluding carboxylic acids is 2. The molecule has 4 heteroatoms. The number of dihydropyridines is 1. The molecule has 1 aliphatic heterocycles. The van der Waals surface area contributed by atoms with Crippen LogP contribution in [0.15, 0.2) is 77.1 Å². The van der Waals surface area contributed by atoms with Gasteiger partial charge in [0.2, 0.25) is 0 Å². The van der Waals surface area contributed by atoms with E-state index in [2.05, 4.69) is 24.5 Å². The van der Waals surface area contributed by atoms with Crippen LogP contribution in [0.5, 0.6) is 0 Å². The van der Waals surface area contributed by atoms with E-state index in [1.807, 2.05) is 68.4 Å². The SMILES string of the molecule is CC1=C(C(=O)Nc2ccccc2C)[C@H](c2ccccc2)C2=C(CC(C)(C)CC2=O)N1. The lowest BCUT2D eigenvalue weighted by atomic mass is 9.68. The summed E-state index contributed by atoms with van der Waals surface area (Å²) in [7, 11) is 0. The van der Waals surface area contributed by atoms with Crippen LogP contribution in [0.1, 0.15) is 50.7 Å². The molecule has 4 rings (SSSR count). The number of carbonyl (C=O) groups is 2. The number of para-hydroxylation sites is 1. The zero-order valence-electron chi connectivity index (χ0n) is 18.0. The van der Waals surface area contributed by atoms with E-state index in [0.29, 0.717) is 12.0 Å². The van der Waals surface area contributed by atoms with Gasteiger partial charge in [0.25, 0.3) is 5.91 Å². The van der Waals surface area contributed by atoms with E-state index in [0.717, 1.165) is 40.2 Å². The molecule has 2 aliphatic rings. The van der Waals surface area contributed by atoms with Gasteiger partial charge in [-0.05, 0) is 42.9 Å². The third kappa shape index (κ3) is 3.70. The highest BCUT2D eigenvalue weighted by Gasteiger charge is 2.42. The molecule has 30 heavy (non-hydrogen) atoms. The van der Waals surface area contributed by atoms with E-state index in [-0.39, 0.29) is 23.0 Å². The van der Waals surface area contributed by atoms with Crippen molar-refractivity contribution in [1.82, 2.24) is 5.32 Å². The minimum atomic E-state index is -0.366. The first-order valence-corrected chi connectivity index (χ1v) is 10.4. The molecule has 0 saturated carbocycles. The monoisotopic (exact) mass is 400 g/mol. The fourth-order valence-corrected chi connectivity index (χ4v) is 4.62. The van der Waals surface area contributed by atoms with Crippen molar-refractivity contribution in [3.05, 3.63) is 88.3 Å². The summed E-state index contributed by atoms with van der Waals surface area (Å²) in [5.74, 6) is -0.418. The molecule has 1 amide bonds. The van der Waals surface area contributed by atoms with Crippen molar-refractivity contribution in [2.75, 3.05) is 5.32 Å². The van der Waals surface area contributed by atoms with Crippen LogP contribution in [0.3, 0.4) is 0 Å². The summed E-state index contributed by atoms with van der Waals surface area (Å²) in [6, 6.07) is 17.6. The van der Waals surface area contributed by atoms with Crippen LogP contribution in [0, 0.1) is 12.3 Å². The predicted molar refractivity (Wildman–Crippen MR) is 120 cm³/mol. The molecule has 0 radical (unpaired) electrons. The molecule has 1 aliphatic carbocycles. The van der Waals surface area contributed by atoms with Crippen LogP contribution in [0.2, 0.25) is 0 Å². The lowest BCUT2D eigenvalue weighted by molar-refractivity contribution is -0.118. The van der Waals surface area contributed by atoms with Crippen LogP contribution in [-0.4, -0.2) is 11.7 Å². The predicted octanol–water partition coefficient (Wildman–Crippen LogP) is 5.24. The van der Waals surface area contributed by atoms with E-state index in [1.54, 1.807) is 0 Å². The Morgan fingerprint density at radius 3 is 2.37 bits per heavy atom. The number of anilines is 1. The Morgan fingerprint density at radius 1 is 1.00 bits per heavy atom. The Hall–Kier alpha value is -3.14. The Labute approximate surface area is 178 Å². The second kappa shape index (κ2) is 7.60. The van der Waals surface area contributed by atoms with Crippen molar-refractivity contribution >= 4 is 17.4 Å². The van der Waals surface area contributed by atoms with Crippen LogP contribution < -0.4 is 10.6 Å². The molecule has 154 valence electrons. The van der Waals surface area contributed by atoms with Gasteiger partial charge in [-0.3, -0.25) is 9.59 Å². The fourth-order valence-electron chi connectivity index (χ4n) is 4.62. The minimum absolute atomic E-state index is 0.0919. The van der Waals surface area contributed by atoms with Crippen molar-refractivity contribution in [2.24, 2.45) is 5.41 Å². The molecule has 0 bridgehead atoms. The van der Waals surface area contributed by atoms with E-state index >= 15 is 0 Å². The van der Waals surface area contributed by atoms with Crippen molar-refractivity contribution in [2.45, 2.75) is 46.5 Å². The summed E-state index contributed by atoms with van der Waals surface area (Å²) < 4.78 is 0. The maximum atomic E-state index is 13.5. The van der Waals surface area contributed by atoms with Gasteiger partial charge in [-0.25, -0.2) is 0 Å². The van der Waals surface area contributed by atoms with Gasteiger partial charge >= 0.3 is 0 Å². The zero-order valence-corrected chi connectivity index (χ0v) is 18.0. The highest BCUT2D eigenvalue weighted by atomic mass is 16.2. The summed E-state index contributed by atoms with van der Waals surface area (Å²) in [6.07, 6.45) is 1.28. The summed E-state index contributed by atoms with van der Waals surface area (Å²) in [5, 5.41) is 6.48. The normalized spacial score (nSPS) is 20.5. The molecule has 2 aromatic rings. The van der Waals surface area contributed by atoms with E-state index in [9.17, 15) is 9.59 Å². The summed E-state index contributed by atoms with van der Waals surface area (Å²) >= 11 is 0. The third-order valence-corrected chi connectivity index (χ3v) is 6.01. The Balaban J connectivity index is 1.80. The number of aryl methyl sites for hydroxylation is 1. The topological polar surface area (TPSA) is 58.2 Å². The molecular weight excluding hydrogens is 372 g/mol. The van der Waals surface area contributed by atoms with Crippen LogP contribution in [0.25, 0.3) is 0 Å². The first kappa shape index (κ1) is 20.1. The molecular formula is C26H28N2O2. The largest absolute Gasteiger partial charge is 0.362 e. The molecule has 2 N–H and O–H groups in total. The number of amides is 1. The van der Waals surface area contributed by atoms with Crippen LogP contribution >= 0.6 is 0 Å². The van der Waals surface area contributed by atoms with E-state index < -0.39 is 0 Å². The molecule has 1 atom stereocenters. The third-order valence-electron chi connectivity index (χ3n) is 6.01. The number of allylic oxidation sites excluding steroid dienone is 3. The maximum Gasteiger partial charge on any atom is 0.254 e. The molecule has 0 spiro atoms. The highest BCUT2D eigenvalue weighted by Crippen LogP contribution is 2.46. The van der Waals surface area contributed by atoms with Gasteiger partial charge in [-0.15, -0.1) is 0 Å². The Kier molecular flexibility index (Phi) is 5.10. The van der Waals surface area contributed by atoms with Crippen molar-refractivity contribution < 1.29 is 9.59 Å². The first-order chi connectivity index (χ1) is 14.3. The second-order valence-electron chi connectivity index (χ2n) is 9.11. The number of ketones is 1. The maximum absolute atomic E-state index is 13.5. The van der Waals surface area contributed by atoms with Gasteiger partial charge in [-0.2, -0.15) is 0 Å². The van der Waals surface area contributed by atoms with E-state index in [1.165, 1.54) is 0 Å². The summed E-state index contributed by atoms with van der Waals surface area (Å²) in [6.45, 7) is 8.14. The van der Waals surface area contributed by atoms with Crippen molar-refractivity contribution in [3.63, 3.8) is 0 Å². The fraction of sp³-hybridized carbons (Fsp3) is 0.308. The van der Waals surface area contributed by atoms with Gasteiger partial charge in [-0.1, -0.05) is 62.4 Å². The van der Waals surface area contributed by atoms with E-state index in [4.69, 9.17) is 0 Å². The average molecular weight is 401 g/mol. The molecule has 0 saturated heterocycles. The number of nitrogens with one attached hydrogen (secondary N) is 2. The molecule has 2 aromatic carbocycles. The lowest BCUT2D eigenvalue weighted by Crippen LogP contribution is -2.39. The van der Waals surface area contributed by atoms with Crippen molar-refractivity contribution in [3.8, 4) is 0 Å². The van der Waals surface area contributed by atoms with Gasteiger partial charge in [0.1, 0.15) is 0 Å². The average Bonchev–Trinajstić information content (AvgIpc) is 2.68. The quantitative estimate of drug-likeness (QED) is 0.741. The van der Waals surface area contributed by atoms with Gasteiger partial charge in [0.15, 0.2) is 5.78 Å². The molecule has 0 unspecified atom stereocenters. The first-order valence-electron chi connectivity index (χ1n) is 10.4. The molecule has 0 aromatic heterocycles. The number of Topliss-reactive ketones (excluding diaryl/α,β-unsaturated/α-hetero) is 1. The lowest BCUT2D eigenvalue weighted by Gasteiger charge is -2.39. The van der Waals surface area contributed by atoms with Crippen LogP contribution in [-0.2, 0) is 9.59 Å². The summed E-state index contributed by atoms with van der Waals surface area (Å²) in [4.78, 5) is 26.7. The van der Waals surface area contributed by atoms with Gasteiger partial charge < -0.3 is 10.6 Å². The number of rotatable bonds is 3. The number of hydrogen-bond donors (Lipinski definition) is 2. The summed E-state index contributed by atoms with van der Waals surface area (Å²) in [5.41, 5.74) is 5.76. The standard InChI is InChI=1S/C26H28N2O2/c1-16-10-8-9-13-19(16)28-25(30)22-17(2)27-20-14-26(3,4)15-21(29)24(20)23(22)18-11-6-5-7-12-18/h5-13,23,27H,14-15H2,1-4H3,(H,28,30)/t23-/m0/s1. The minimum Gasteiger partial charge on any atom is -0.362 e. The second-order valence-corrected chi connectivity index (χ2v) is 9.11.